The molecule has 1 heterocycles. The lowest BCUT2D eigenvalue weighted by Gasteiger charge is -2.42. The van der Waals surface area contributed by atoms with Crippen molar-refractivity contribution in [3.63, 3.8) is 0 Å². The van der Waals surface area contributed by atoms with Crippen molar-refractivity contribution in [2.24, 2.45) is 0 Å². The first-order valence-corrected chi connectivity index (χ1v) is 6.82. The van der Waals surface area contributed by atoms with Gasteiger partial charge in [-0.1, -0.05) is 39.0 Å². The molecular formula is C15H22OS. The van der Waals surface area contributed by atoms with Crippen LogP contribution in [0.15, 0.2) is 18.2 Å². The zero-order valence-electron chi connectivity index (χ0n) is 11.2. The van der Waals surface area contributed by atoms with E-state index in [1.807, 2.05) is 0 Å². The predicted molar refractivity (Wildman–Crippen MR) is 76.2 cm³/mol. The Morgan fingerprint density at radius 2 is 1.94 bits per heavy atom. The summed E-state index contributed by atoms with van der Waals surface area (Å²) >= 11 is 4.49. The molecule has 2 rings (SSSR count). The third-order valence-electron chi connectivity index (χ3n) is 3.72. The molecule has 1 aromatic rings. The fraction of sp³-hybridized carbons (Fsp3) is 0.600. The lowest BCUT2D eigenvalue weighted by Crippen LogP contribution is -2.48. The van der Waals surface area contributed by atoms with E-state index in [-0.39, 0.29) is 10.8 Å². The van der Waals surface area contributed by atoms with E-state index in [4.69, 9.17) is 4.74 Å². The number of hydrogen-bond acceptors (Lipinski definition) is 2. The smallest absolute Gasteiger partial charge is 0.0593 e. The molecule has 0 bridgehead atoms. The third kappa shape index (κ3) is 2.25. The third-order valence-corrected chi connectivity index (χ3v) is 4.33. The molecule has 1 fully saturated rings. The number of thiol groups is 1. The molecule has 94 valence electrons. The fourth-order valence-corrected chi connectivity index (χ4v) is 2.76. The van der Waals surface area contributed by atoms with E-state index in [1.54, 1.807) is 0 Å². The molecule has 1 saturated heterocycles. The predicted octanol–water partition coefficient (Wildman–Crippen LogP) is 3.49. The Balaban J connectivity index is 2.38. The molecule has 0 atom stereocenters. The van der Waals surface area contributed by atoms with Gasteiger partial charge >= 0.3 is 0 Å². The normalized spacial score (nSPS) is 18.9. The van der Waals surface area contributed by atoms with Gasteiger partial charge in [-0.2, -0.15) is 12.6 Å². The average molecular weight is 250 g/mol. The molecule has 0 amide bonds. The summed E-state index contributed by atoms with van der Waals surface area (Å²) in [5, 5.41) is 0. The Labute approximate surface area is 110 Å². The highest BCUT2D eigenvalue weighted by Crippen LogP contribution is 2.37. The highest BCUT2D eigenvalue weighted by atomic mass is 32.1. The Kier molecular flexibility index (Phi) is 3.30. The maximum atomic E-state index is 5.39. The monoisotopic (exact) mass is 250 g/mol. The van der Waals surface area contributed by atoms with Crippen LogP contribution in [0, 0.1) is 6.92 Å². The zero-order chi connectivity index (χ0) is 12.7. The van der Waals surface area contributed by atoms with Crippen molar-refractivity contribution in [2.45, 2.75) is 38.5 Å². The van der Waals surface area contributed by atoms with Gasteiger partial charge in [-0.05, 0) is 29.0 Å². The second-order valence-electron chi connectivity index (χ2n) is 6.21. The van der Waals surface area contributed by atoms with Crippen molar-refractivity contribution in [3.8, 4) is 0 Å². The van der Waals surface area contributed by atoms with Crippen LogP contribution in [-0.2, 0) is 15.6 Å². The Morgan fingerprint density at radius 3 is 2.29 bits per heavy atom. The average Bonchev–Trinajstić information content (AvgIpc) is 2.17. The highest BCUT2D eigenvalue weighted by Gasteiger charge is 2.40. The molecule has 1 aliphatic heterocycles. The van der Waals surface area contributed by atoms with E-state index in [0.29, 0.717) is 0 Å². The van der Waals surface area contributed by atoms with Crippen molar-refractivity contribution >= 4 is 12.6 Å². The van der Waals surface area contributed by atoms with Gasteiger partial charge in [-0.25, -0.2) is 0 Å². The van der Waals surface area contributed by atoms with Crippen LogP contribution in [0.25, 0.3) is 0 Å². The van der Waals surface area contributed by atoms with E-state index < -0.39 is 0 Å². The van der Waals surface area contributed by atoms with Gasteiger partial charge in [-0.3, -0.25) is 0 Å². The molecule has 0 saturated carbocycles. The molecule has 1 nitrogen and oxygen atoms in total. The SMILES string of the molecule is Cc1cc(C(C)(C)C)ccc1C1(CS)COC1. The van der Waals surface area contributed by atoms with Crippen molar-refractivity contribution in [3.05, 3.63) is 34.9 Å². The van der Waals surface area contributed by atoms with Gasteiger partial charge in [0.25, 0.3) is 0 Å². The van der Waals surface area contributed by atoms with E-state index >= 15 is 0 Å². The number of aryl methyl sites for hydroxylation is 1. The minimum Gasteiger partial charge on any atom is -0.379 e. The van der Waals surface area contributed by atoms with Crippen molar-refractivity contribution in [2.75, 3.05) is 19.0 Å². The molecule has 0 unspecified atom stereocenters. The van der Waals surface area contributed by atoms with E-state index in [2.05, 4.69) is 58.5 Å². The van der Waals surface area contributed by atoms with Crippen LogP contribution in [-0.4, -0.2) is 19.0 Å². The minimum absolute atomic E-state index is 0.156. The quantitative estimate of drug-likeness (QED) is 0.791. The van der Waals surface area contributed by atoms with Gasteiger partial charge in [0, 0.05) is 5.75 Å². The van der Waals surface area contributed by atoms with Crippen LogP contribution >= 0.6 is 12.6 Å². The summed E-state index contributed by atoms with van der Waals surface area (Å²) in [7, 11) is 0. The molecule has 0 aliphatic carbocycles. The second kappa shape index (κ2) is 4.33. The van der Waals surface area contributed by atoms with Crippen LogP contribution in [0.1, 0.15) is 37.5 Å². The molecule has 1 aliphatic rings. The highest BCUT2D eigenvalue weighted by molar-refractivity contribution is 7.80. The van der Waals surface area contributed by atoms with Crippen LogP contribution in [0.3, 0.4) is 0 Å². The summed E-state index contributed by atoms with van der Waals surface area (Å²) in [6.45, 7) is 10.6. The van der Waals surface area contributed by atoms with Gasteiger partial charge in [0.05, 0.1) is 18.6 Å². The van der Waals surface area contributed by atoms with Gasteiger partial charge < -0.3 is 4.74 Å². The fourth-order valence-electron chi connectivity index (χ4n) is 2.41. The van der Waals surface area contributed by atoms with E-state index in [9.17, 15) is 0 Å². The maximum absolute atomic E-state index is 5.39. The van der Waals surface area contributed by atoms with Crippen molar-refractivity contribution in [1.82, 2.24) is 0 Å². The van der Waals surface area contributed by atoms with Crippen LogP contribution in [0.5, 0.6) is 0 Å². The Bertz CT molecular complexity index is 408. The molecule has 0 radical (unpaired) electrons. The van der Waals surface area contributed by atoms with Crippen LogP contribution in [0.2, 0.25) is 0 Å². The molecular weight excluding hydrogens is 228 g/mol. The number of rotatable bonds is 2. The van der Waals surface area contributed by atoms with Crippen LogP contribution in [0.4, 0.5) is 0 Å². The summed E-state index contributed by atoms with van der Waals surface area (Å²) in [6, 6.07) is 6.85. The van der Waals surface area contributed by atoms with Crippen molar-refractivity contribution < 1.29 is 4.74 Å². The molecule has 1 aromatic carbocycles. The molecule has 0 spiro atoms. The van der Waals surface area contributed by atoms with Crippen LogP contribution < -0.4 is 0 Å². The summed E-state index contributed by atoms with van der Waals surface area (Å²) < 4.78 is 5.39. The topological polar surface area (TPSA) is 9.23 Å². The first-order valence-electron chi connectivity index (χ1n) is 6.19. The van der Waals surface area contributed by atoms with E-state index in [0.717, 1.165) is 19.0 Å². The maximum Gasteiger partial charge on any atom is 0.0593 e. The second-order valence-corrected chi connectivity index (χ2v) is 6.53. The van der Waals surface area contributed by atoms with Gasteiger partial charge in [0.15, 0.2) is 0 Å². The van der Waals surface area contributed by atoms with Gasteiger partial charge in [-0.15, -0.1) is 0 Å². The summed E-state index contributed by atoms with van der Waals surface area (Å²) in [5.41, 5.74) is 4.55. The molecule has 17 heavy (non-hydrogen) atoms. The molecule has 2 heteroatoms. The molecule has 0 N–H and O–H groups in total. The molecule has 0 aromatic heterocycles. The first kappa shape index (κ1) is 13.0. The number of hydrogen-bond donors (Lipinski definition) is 1. The Hall–Kier alpha value is -0.470. The summed E-state index contributed by atoms with van der Waals surface area (Å²) in [4.78, 5) is 0. The van der Waals surface area contributed by atoms with Crippen molar-refractivity contribution in [1.29, 1.82) is 0 Å². The lowest BCUT2D eigenvalue weighted by atomic mass is 9.76. The van der Waals surface area contributed by atoms with Gasteiger partial charge in [0.1, 0.15) is 0 Å². The number of ether oxygens (including phenoxy) is 1. The lowest BCUT2D eigenvalue weighted by molar-refractivity contribution is -0.0473. The van der Waals surface area contributed by atoms with E-state index in [1.165, 1.54) is 16.7 Å². The summed E-state index contributed by atoms with van der Waals surface area (Å²) in [6.07, 6.45) is 0. The summed E-state index contributed by atoms with van der Waals surface area (Å²) in [5.74, 6) is 0.864. The zero-order valence-corrected chi connectivity index (χ0v) is 12.1. The Morgan fingerprint density at radius 1 is 1.29 bits per heavy atom. The largest absolute Gasteiger partial charge is 0.379 e. The first-order chi connectivity index (χ1) is 7.89. The minimum atomic E-state index is 0.156. The van der Waals surface area contributed by atoms with Gasteiger partial charge in [0.2, 0.25) is 0 Å². The standard InChI is InChI=1S/C15H22OS/c1-11-7-12(14(2,3)4)5-6-13(11)15(10-17)8-16-9-15/h5-7,17H,8-10H2,1-4H3. The number of benzene rings is 1.